The van der Waals surface area contributed by atoms with Crippen molar-refractivity contribution in [3.05, 3.63) is 11.4 Å². The lowest BCUT2D eigenvalue weighted by Crippen LogP contribution is -2.57. The fourth-order valence-corrected chi connectivity index (χ4v) is 0.668. The Morgan fingerprint density at radius 1 is 1.00 bits per heavy atom. The van der Waals surface area contributed by atoms with Crippen molar-refractivity contribution >= 4 is 11.6 Å². The van der Waals surface area contributed by atoms with Gasteiger partial charge in [-0.05, 0) is 0 Å². The topological polar surface area (TPSA) is 20.2 Å². The van der Waals surface area contributed by atoms with Crippen LogP contribution >= 0.6 is 11.6 Å². The quantitative estimate of drug-likeness (QED) is 0.706. The van der Waals surface area contributed by atoms with Gasteiger partial charge in [-0.25, -0.2) is 4.39 Å². The molecule has 0 fully saturated rings. The molecule has 0 rings (SSSR count). The molecule has 84 valence electrons. The maximum Gasteiger partial charge on any atom is 0.433 e. The van der Waals surface area contributed by atoms with Crippen molar-refractivity contribution in [3.8, 4) is 0 Å². The molecule has 0 aromatic heterocycles. The molecule has 0 aromatic rings. The molecular weight excluding hydrogens is 244 g/mol. The molecule has 0 saturated heterocycles. The third-order valence-electron chi connectivity index (χ3n) is 1.26. The zero-order valence-electron chi connectivity index (χ0n) is 6.05. The van der Waals surface area contributed by atoms with E-state index in [4.69, 9.17) is 5.11 Å². The van der Waals surface area contributed by atoms with E-state index in [1.54, 1.807) is 0 Å². The second-order valence-corrected chi connectivity index (χ2v) is 2.38. The minimum absolute atomic E-state index is 0.624. The lowest BCUT2D eigenvalue weighted by Gasteiger charge is -2.30. The maximum absolute atomic E-state index is 12.2. The molecule has 1 nitrogen and oxygen atoms in total. The van der Waals surface area contributed by atoms with Crippen molar-refractivity contribution in [3.63, 3.8) is 0 Å². The predicted molar refractivity (Wildman–Crippen MR) is 32.1 cm³/mol. The fourth-order valence-electron chi connectivity index (χ4n) is 0.510. The van der Waals surface area contributed by atoms with Crippen molar-refractivity contribution in [2.24, 2.45) is 0 Å². The Bertz CT molecular complexity index is 225. The Hall–Kier alpha value is -0.500. The van der Waals surface area contributed by atoms with Crippen LogP contribution in [0, 0.1) is 0 Å². The number of alkyl halides is 6. The molecule has 0 spiro atoms. The highest BCUT2D eigenvalue weighted by atomic mass is 35.5. The van der Waals surface area contributed by atoms with Gasteiger partial charge in [0.25, 0.3) is 0 Å². The Kier molecular flexibility index (Phi) is 3.45. The van der Waals surface area contributed by atoms with E-state index in [0.29, 0.717) is 0 Å². The van der Waals surface area contributed by atoms with Gasteiger partial charge in [0.15, 0.2) is 5.83 Å². The van der Waals surface area contributed by atoms with Crippen LogP contribution < -0.4 is 0 Å². The summed E-state index contributed by atoms with van der Waals surface area (Å²) in [6, 6.07) is 0. The van der Waals surface area contributed by atoms with Gasteiger partial charge in [-0.3, -0.25) is 0 Å². The van der Waals surface area contributed by atoms with E-state index < -0.39 is 29.3 Å². The number of hydrogen-bond acceptors (Lipinski definition) is 1. The van der Waals surface area contributed by atoms with Crippen molar-refractivity contribution in [1.29, 1.82) is 0 Å². The third kappa shape index (κ3) is 1.95. The number of hydrogen-bond donors (Lipinski definition) is 1. The Balaban J connectivity index is 5.53. The first kappa shape index (κ1) is 13.5. The van der Waals surface area contributed by atoms with Gasteiger partial charge in [0.2, 0.25) is 0 Å². The zero-order valence-corrected chi connectivity index (χ0v) is 6.80. The zero-order chi connectivity index (χ0) is 11.8. The van der Waals surface area contributed by atoms with Crippen molar-refractivity contribution in [2.75, 3.05) is 0 Å². The fraction of sp³-hybridized carbons (Fsp3) is 0.600. The number of halogens is 8. The largest absolute Gasteiger partial charge is 0.433 e. The molecule has 0 saturated carbocycles. The van der Waals surface area contributed by atoms with E-state index in [9.17, 15) is 30.7 Å². The average molecular weight is 247 g/mol. The molecule has 0 heterocycles. The van der Waals surface area contributed by atoms with E-state index in [2.05, 4.69) is 11.6 Å². The molecule has 0 amide bonds. The minimum atomic E-state index is -6.24. The maximum atomic E-state index is 12.2. The molecule has 0 unspecified atom stereocenters. The summed E-state index contributed by atoms with van der Waals surface area (Å²) >= 11 is 4.35. The predicted octanol–water partition coefficient (Wildman–Crippen LogP) is 2.89. The number of rotatable bonds is 1. The van der Waals surface area contributed by atoms with Crippen LogP contribution in [-0.2, 0) is 0 Å². The van der Waals surface area contributed by atoms with Gasteiger partial charge in [0.1, 0.15) is 0 Å². The number of aliphatic hydroxyl groups is 1. The molecule has 0 atom stereocenters. The van der Waals surface area contributed by atoms with Crippen LogP contribution in [0.4, 0.5) is 30.7 Å². The van der Waals surface area contributed by atoms with Crippen LogP contribution in [0.25, 0.3) is 0 Å². The molecule has 1 N–H and O–H groups in total. The Labute approximate surface area is 77.8 Å². The molecular formula is C5H2ClF7O. The second-order valence-electron chi connectivity index (χ2n) is 2.16. The van der Waals surface area contributed by atoms with E-state index >= 15 is 0 Å². The van der Waals surface area contributed by atoms with Gasteiger partial charge >= 0.3 is 18.0 Å². The average Bonchev–Trinajstić information content (AvgIpc) is 1.97. The lowest BCUT2D eigenvalue weighted by atomic mass is 10.0. The molecule has 14 heavy (non-hydrogen) atoms. The van der Waals surface area contributed by atoms with Crippen molar-refractivity contribution in [2.45, 2.75) is 18.0 Å². The van der Waals surface area contributed by atoms with Gasteiger partial charge in [-0.2, -0.15) is 26.3 Å². The van der Waals surface area contributed by atoms with E-state index in [1.165, 1.54) is 0 Å². The summed E-state index contributed by atoms with van der Waals surface area (Å²) in [5.41, 5.74) is -6.18. The molecule has 0 aliphatic carbocycles. The highest BCUT2D eigenvalue weighted by Crippen LogP contribution is 2.47. The summed E-state index contributed by atoms with van der Waals surface area (Å²) in [5, 5.41) is 8.18. The minimum Gasteiger partial charge on any atom is -0.368 e. The standard InChI is InChI=1S/C5H2ClF7O/c6-1-2(7)3(14,4(8,9)10)5(11,12)13/h1,14H/b2-1-. The monoisotopic (exact) mass is 246 g/mol. The Morgan fingerprint density at radius 3 is 1.36 bits per heavy atom. The first-order valence-corrected chi connectivity index (χ1v) is 3.24. The lowest BCUT2D eigenvalue weighted by molar-refractivity contribution is -0.357. The summed E-state index contributed by atoms with van der Waals surface area (Å²) in [5.74, 6) is -2.93. The SMILES string of the molecule is OC(/C(F)=C/Cl)(C(F)(F)F)C(F)(F)F. The van der Waals surface area contributed by atoms with Crippen LogP contribution in [0.5, 0.6) is 0 Å². The van der Waals surface area contributed by atoms with Gasteiger partial charge in [0, 0.05) is 5.54 Å². The molecule has 0 bridgehead atoms. The summed E-state index contributed by atoms with van der Waals surface area (Å²) < 4.78 is 82.6. The van der Waals surface area contributed by atoms with Crippen molar-refractivity contribution in [1.82, 2.24) is 0 Å². The summed E-state index contributed by atoms with van der Waals surface area (Å²) in [6.45, 7) is 0. The van der Waals surface area contributed by atoms with Gasteiger partial charge in [-0.15, -0.1) is 0 Å². The third-order valence-corrected chi connectivity index (χ3v) is 1.45. The van der Waals surface area contributed by atoms with E-state index in [0.717, 1.165) is 0 Å². The molecule has 0 radical (unpaired) electrons. The second kappa shape index (κ2) is 3.58. The summed E-state index contributed by atoms with van der Waals surface area (Å²) in [7, 11) is 0. The van der Waals surface area contributed by atoms with E-state index in [1.807, 2.05) is 0 Å². The molecule has 0 aromatic carbocycles. The summed E-state index contributed by atoms with van der Waals surface area (Å²) in [6.07, 6.45) is -12.5. The van der Waals surface area contributed by atoms with Crippen LogP contribution in [0.2, 0.25) is 0 Å². The van der Waals surface area contributed by atoms with Gasteiger partial charge < -0.3 is 5.11 Å². The van der Waals surface area contributed by atoms with Crippen LogP contribution in [-0.4, -0.2) is 23.1 Å². The highest BCUT2D eigenvalue weighted by Gasteiger charge is 2.73. The Morgan fingerprint density at radius 2 is 1.29 bits per heavy atom. The summed E-state index contributed by atoms with van der Waals surface area (Å²) in [4.78, 5) is 0. The van der Waals surface area contributed by atoms with Crippen LogP contribution in [0.1, 0.15) is 0 Å². The van der Waals surface area contributed by atoms with Crippen LogP contribution in [0.15, 0.2) is 11.4 Å². The first-order chi connectivity index (χ1) is 5.98. The van der Waals surface area contributed by atoms with Gasteiger partial charge in [-0.1, -0.05) is 11.6 Å². The highest BCUT2D eigenvalue weighted by molar-refractivity contribution is 6.25. The normalized spacial score (nSPS) is 15.9. The molecule has 0 aliphatic heterocycles. The molecule has 0 aliphatic rings. The van der Waals surface area contributed by atoms with Gasteiger partial charge in [0.05, 0.1) is 0 Å². The van der Waals surface area contributed by atoms with Crippen LogP contribution in [0.3, 0.4) is 0 Å². The van der Waals surface area contributed by atoms with Crippen molar-refractivity contribution < 1.29 is 35.8 Å². The van der Waals surface area contributed by atoms with E-state index in [-0.39, 0.29) is 0 Å². The smallest absolute Gasteiger partial charge is 0.368 e. The first-order valence-electron chi connectivity index (χ1n) is 2.80. The molecule has 9 heteroatoms.